The average molecular weight is 333 g/mol. The van der Waals surface area contributed by atoms with E-state index in [0.717, 1.165) is 10.0 Å². The van der Waals surface area contributed by atoms with Crippen LogP contribution < -0.4 is 5.32 Å². The molecule has 0 bridgehead atoms. The minimum Gasteiger partial charge on any atom is -0.396 e. The van der Waals surface area contributed by atoms with Gasteiger partial charge in [0, 0.05) is 10.0 Å². The number of nitrogens with two attached hydrogens (primary N) is 1. The van der Waals surface area contributed by atoms with E-state index in [1.807, 2.05) is 29.6 Å². The van der Waals surface area contributed by atoms with Crippen LogP contribution >= 0.6 is 15.9 Å². The first-order chi connectivity index (χ1) is 9.04. The number of aliphatic hydroxyl groups is 4. The lowest BCUT2D eigenvalue weighted by Gasteiger charge is -2.19. The van der Waals surface area contributed by atoms with Crippen molar-refractivity contribution in [1.29, 1.82) is 0 Å². The molecule has 1 fully saturated rings. The van der Waals surface area contributed by atoms with Gasteiger partial charge in [0.1, 0.15) is 24.8 Å². The molecule has 6 N–H and O–H groups in total. The van der Waals surface area contributed by atoms with E-state index >= 15 is 0 Å². The quantitative estimate of drug-likeness (QED) is 0.468. The highest BCUT2D eigenvalue weighted by molar-refractivity contribution is 9.10. The van der Waals surface area contributed by atoms with E-state index in [4.69, 9.17) is 0 Å². The van der Waals surface area contributed by atoms with Crippen LogP contribution in [0.25, 0.3) is 0 Å². The van der Waals surface area contributed by atoms with Crippen molar-refractivity contribution in [3.05, 3.63) is 34.3 Å². The van der Waals surface area contributed by atoms with Crippen LogP contribution in [0.15, 0.2) is 28.7 Å². The lowest BCUT2D eigenvalue weighted by Crippen LogP contribution is -2.92. The molecule has 1 aromatic rings. The smallest absolute Gasteiger partial charge is 0.134 e. The first kappa shape index (κ1) is 14.9. The molecule has 0 radical (unpaired) electrons. The summed E-state index contributed by atoms with van der Waals surface area (Å²) in [7, 11) is 0. The van der Waals surface area contributed by atoms with E-state index in [2.05, 4.69) is 15.9 Å². The molecule has 19 heavy (non-hydrogen) atoms. The molecule has 1 aromatic carbocycles. The molecule has 0 heterocycles. The molecule has 0 unspecified atom stereocenters. The second-order valence-corrected chi connectivity index (χ2v) is 5.88. The second kappa shape index (κ2) is 6.30. The van der Waals surface area contributed by atoms with Crippen molar-refractivity contribution in [3.63, 3.8) is 0 Å². The summed E-state index contributed by atoms with van der Waals surface area (Å²) in [5, 5.41) is 40.4. The fourth-order valence-corrected chi connectivity index (χ4v) is 2.86. The number of hydrogen-bond acceptors (Lipinski definition) is 4. The van der Waals surface area contributed by atoms with Crippen LogP contribution in [0.1, 0.15) is 5.56 Å². The van der Waals surface area contributed by atoms with Gasteiger partial charge < -0.3 is 25.7 Å². The van der Waals surface area contributed by atoms with Crippen LogP contribution in [-0.4, -0.2) is 51.4 Å². The fraction of sp³-hybridized carbons (Fsp3) is 0.538. The van der Waals surface area contributed by atoms with Crippen molar-refractivity contribution >= 4 is 15.9 Å². The fourth-order valence-electron chi connectivity index (χ4n) is 2.60. The molecule has 6 heteroatoms. The minimum absolute atomic E-state index is 0.253. The van der Waals surface area contributed by atoms with E-state index < -0.39 is 30.3 Å². The maximum Gasteiger partial charge on any atom is 0.134 e. The number of halogens is 1. The molecule has 0 amide bonds. The number of aliphatic hydroxyl groups excluding tert-OH is 4. The zero-order valence-corrected chi connectivity index (χ0v) is 11.9. The van der Waals surface area contributed by atoms with Crippen LogP contribution in [-0.2, 0) is 6.54 Å². The van der Waals surface area contributed by atoms with Gasteiger partial charge in [-0.2, -0.15) is 0 Å². The molecular formula is C13H19BrNO4+. The van der Waals surface area contributed by atoms with Crippen LogP contribution in [0, 0.1) is 5.92 Å². The maximum atomic E-state index is 9.89. The lowest BCUT2D eigenvalue weighted by molar-refractivity contribution is -0.715. The lowest BCUT2D eigenvalue weighted by atomic mass is 10.0. The van der Waals surface area contributed by atoms with E-state index in [-0.39, 0.29) is 6.61 Å². The van der Waals surface area contributed by atoms with Gasteiger partial charge in [-0.05, 0) is 12.1 Å². The predicted molar refractivity (Wildman–Crippen MR) is 72.2 cm³/mol. The third-order valence-corrected chi connectivity index (χ3v) is 4.31. The Balaban J connectivity index is 1.99. The summed E-state index contributed by atoms with van der Waals surface area (Å²) in [4.78, 5) is 0. The summed E-state index contributed by atoms with van der Waals surface area (Å²) in [5.74, 6) is -0.513. The monoisotopic (exact) mass is 332 g/mol. The number of hydrogen-bond donors (Lipinski definition) is 5. The summed E-state index contributed by atoms with van der Waals surface area (Å²) >= 11 is 3.36. The molecule has 0 aliphatic heterocycles. The largest absolute Gasteiger partial charge is 0.396 e. The van der Waals surface area contributed by atoms with Gasteiger partial charge in [-0.1, -0.05) is 28.1 Å². The Morgan fingerprint density at radius 2 is 1.63 bits per heavy atom. The number of rotatable bonds is 4. The van der Waals surface area contributed by atoms with Crippen molar-refractivity contribution in [3.8, 4) is 0 Å². The summed E-state index contributed by atoms with van der Waals surface area (Å²) < 4.78 is 0.997. The Morgan fingerprint density at radius 3 is 2.21 bits per heavy atom. The van der Waals surface area contributed by atoms with Crippen LogP contribution in [0.4, 0.5) is 0 Å². The Bertz CT molecular complexity index is 414. The summed E-state index contributed by atoms with van der Waals surface area (Å²) in [6, 6.07) is 7.38. The molecular weight excluding hydrogens is 314 g/mol. The van der Waals surface area contributed by atoms with E-state index in [1.54, 1.807) is 0 Å². The first-order valence-corrected chi connectivity index (χ1v) is 7.06. The summed E-state index contributed by atoms with van der Waals surface area (Å²) in [6.07, 6.45) is -3.29. The Morgan fingerprint density at radius 1 is 1.00 bits per heavy atom. The summed E-state index contributed by atoms with van der Waals surface area (Å²) in [5.41, 5.74) is 1.07. The SMILES string of the molecule is OC[C@@H]1[C@@H](O)[C@H](O)[C@@H](O)[C@@H]1[NH2+]Cc1ccc(Br)cc1. The van der Waals surface area contributed by atoms with Gasteiger partial charge in [-0.15, -0.1) is 0 Å². The Kier molecular flexibility index (Phi) is 4.94. The van der Waals surface area contributed by atoms with Crippen molar-refractivity contribution < 1.29 is 25.7 Å². The normalized spacial score (nSPS) is 34.7. The van der Waals surface area contributed by atoms with E-state index in [1.165, 1.54) is 0 Å². The zero-order valence-electron chi connectivity index (χ0n) is 10.4. The second-order valence-electron chi connectivity index (χ2n) is 4.96. The molecule has 1 aliphatic rings. The average Bonchev–Trinajstić information content (AvgIpc) is 2.62. The van der Waals surface area contributed by atoms with E-state index in [0.29, 0.717) is 6.54 Å². The van der Waals surface area contributed by atoms with E-state index in [9.17, 15) is 20.4 Å². The third-order valence-electron chi connectivity index (χ3n) is 3.78. The maximum absolute atomic E-state index is 9.89. The molecule has 5 nitrogen and oxygen atoms in total. The van der Waals surface area contributed by atoms with Crippen molar-refractivity contribution in [2.24, 2.45) is 5.92 Å². The van der Waals surface area contributed by atoms with Crippen molar-refractivity contribution in [2.45, 2.75) is 30.9 Å². The molecule has 0 aromatic heterocycles. The molecule has 1 saturated carbocycles. The van der Waals surface area contributed by atoms with Crippen molar-refractivity contribution in [1.82, 2.24) is 0 Å². The van der Waals surface area contributed by atoms with Gasteiger partial charge >= 0.3 is 0 Å². The van der Waals surface area contributed by atoms with Gasteiger partial charge in [-0.25, -0.2) is 0 Å². The molecule has 0 spiro atoms. The van der Waals surface area contributed by atoms with Gasteiger partial charge in [0.15, 0.2) is 0 Å². The number of quaternary nitrogens is 1. The van der Waals surface area contributed by atoms with Gasteiger partial charge in [0.2, 0.25) is 0 Å². The van der Waals surface area contributed by atoms with Crippen LogP contribution in [0.3, 0.4) is 0 Å². The first-order valence-electron chi connectivity index (χ1n) is 6.27. The van der Waals surface area contributed by atoms with Crippen LogP contribution in [0.2, 0.25) is 0 Å². The zero-order chi connectivity index (χ0) is 14.0. The standard InChI is InChI=1S/C13H18BrNO4/c14-8-3-1-7(2-4-8)5-15-10-9(6-16)11(17)13(19)12(10)18/h1-4,9-13,15-19H,5-6H2/p+1/t9-,10+,11+,12-,13-/m0/s1. The Hall–Kier alpha value is -0.500. The van der Waals surface area contributed by atoms with Gasteiger partial charge in [0.05, 0.1) is 18.6 Å². The van der Waals surface area contributed by atoms with Gasteiger partial charge in [-0.3, -0.25) is 0 Å². The molecule has 2 rings (SSSR count). The van der Waals surface area contributed by atoms with Crippen LogP contribution in [0.5, 0.6) is 0 Å². The summed E-state index contributed by atoms with van der Waals surface area (Å²) in [6.45, 7) is 0.363. The molecule has 106 valence electrons. The molecule has 1 aliphatic carbocycles. The molecule has 5 atom stereocenters. The minimum atomic E-state index is -1.19. The third kappa shape index (κ3) is 3.16. The highest BCUT2D eigenvalue weighted by Gasteiger charge is 2.50. The predicted octanol–water partition coefficient (Wildman–Crippen LogP) is -1.41. The highest BCUT2D eigenvalue weighted by atomic mass is 79.9. The van der Waals surface area contributed by atoms with Crippen molar-refractivity contribution in [2.75, 3.05) is 6.61 Å². The number of benzene rings is 1. The molecule has 0 saturated heterocycles. The van der Waals surface area contributed by atoms with Gasteiger partial charge in [0.25, 0.3) is 0 Å². The Labute approximate surface area is 120 Å². The topological polar surface area (TPSA) is 97.5 Å². The highest BCUT2D eigenvalue weighted by Crippen LogP contribution is 2.24.